The van der Waals surface area contributed by atoms with Crippen molar-refractivity contribution in [2.75, 3.05) is 0 Å². The van der Waals surface area contributed by atoms with Gasteiger partial charge >= 0.3 is 0 Å². The first kappa shape index (κ1) is 10.6. The Morgan fingerprint density at radius 3 is 2.08 bits per heavy atom. The van der Waals surface area contributed by atoms with Gasteiger partial charge in [-0.25, -0.2) is 0 Å². The van der Waals surface area contributed by atoms with Crippen molar-refractivity contribution in [1.29, 1.82) is 0 Å². The van der Waals surface area contributed by atoms with E-state index in [0.717, 1.165) is 6.92 Å². The van der Waals surface area contributed by atoms with Gasteiger partial charge in [-0.1, -0.05) is 0 Å². The smallest absolute Gasteiger partial charge is 0.184 e. The molecule has 1 fully saturated rings. The lowest BCUT2D eigenvalue weighted by molar-refractivity contribution is -0.274. The number of ether oxygens (including phenoxy) is 1. The maximum atomic E-state index is 10.8. The molecule has 1 aliphatic rings. The Bertz CT molecular complexity index is 205. The fourth-order valence-corrected chi connectivity index (χ4v) is 1.20. The second-order valence-corrected chi connectivity index (χ2v) is 3.03. The molecule has 0 unspecified atom stereocenters. The van der Waals surface area contributed by atoms with Gasteiger partial charge in [-0.15, -0.1) is 0 Å². The highest BCUT2D eigenvalue weighted by Crippen LogP contribution is 2.20. The molecule has 13 heavy (non-hydrogen) atoms. The summed E-state index contributed by atoms with van der Waals surface area (Å²) in [5, 5.41) is 36.4. The molecule has 1 saturated heterocycles. The van der Waals surface area contributed by atoms with E-state index in [1.165, 1.54) is 0 Å². The Kier molecular flexibility index (Phi) is 2.99. The number of ketones is 1. The van der Waals surface area contributed by atoms with Crippen LogP contribution in [-0.4, -0.2) is 56.9 Å². The highest BCUT2D eigenvalue weighted by atomic mass is 16.6. The van der Waals surface area contributed by atoms with E-state index in [-0.39, 0.29) is 0 Å². The van der Waals surface area contributed by atoms with Crippen molar-refractivity contribution in [2.24, 2.45) is 0 Å². The first-order chi connectivity index (χ1) is 5.95. The summed E-state index contributed by atoms with van der Waals surface area (Å²) in [6.07, 6.45) is -7.60. The molecule has 0 aromatic rings. The van der Waals surface area contributed by atoms with Crippen LogP contribution in [-0.2, 0) is 9.53 Å². The highest BCUT2D eigenvalue weighted by Gasteiger charge is 2.44. The van der Waals surface area contributed by atoms with Gasteiger partial charge in [-0.3, -0.25) is 4.79 Å². The molecule has 0 aromatic carbocycles. The minimum atomic E-state index is -1.65. The van der Waals surface area contributed by atoms with Crippen LogP contribution in [0.4, 0.5) is 0 Å². The lowest BCUT2D eigenvalue weighted by Gasteiger charge is -2.37. The molecule has 0 saturated carbocycles. The lowest BCUT2D eigenvalue weighted by Crippen LogP contribution is -2.59. The van der Waals surface area contributed by atoms with Crippen LogP contribution in [0.15, 0.2) is 0 Å². The lowest BCUT2D eigenvalue weighted by atomic mass is 9.97. The van der Waals surface area contributed by atoms with E-state index in [9.17, 15) is 9.90 Å². The molecule has 0 bridgehead atoms. The van der Waals surface area contributed by atoms with E-state index in [1.54, 1.807) is 0 Å². The van der Waals surface area contributed by atoms with E-state index < -0.39 is 36.5 Å². The van der Waals surface area contributed by atoms with E-state index in [4.69, 9.17) is 15.3 Å². The number of hydrogen-bond acceptors (Lipinski definition) is 6. The van der Waals surface area contributed by atoms with Crippen LogP contribution in [0, 0.1) is 0 Å². The molecular weight excluding hydrogens is 180 g/mol. The molecule has 1 heterocycles. The minimum Gasteiger partial charge on any atom is -0.387 e. The summed E-state index contributed by atoms with van der Waals surface area (Å²) < 4.78 is 4.59. The van der Waals surface area contributed by atoms with E-state index in [1.807, 2.05) is 0 Å². The van der Waals surface area contributed by atoms with Gasteiger partial charge in [0.05, 0.1) is 0 Å². The number of carbonyl (C=O) groups is 1. The summed E-state index contributed by atoms with van der Waals surface area (Å²) in [5.41, 5.74) is 0. The van der Waals surface area contributed by atoms with Crippen molar-refractivity contribution in [2.45, 2.75) is 37.6 Å². The molecule has 0 spiro atoms. The van der Waals surface area contributed by atoms with Crippen LogP contribution < -0.4 is 0 Å². The van der Waals surface area contributed by atoms with Crippen molar-refractivity contribution in [3.8, 4) is 0 Å². The molecule has 6 nitrogen and oxygen atoms in total. The van der Waals surface area contributed by atoms with Crippen molar-refractivity contribution < 1.29 is 30.0 Å². The predicted octanol–water partition coefficient (Wildman–Crippen LogP) is -2.62. The van der Waals surface area contributed by atoms with E-state index in [2.05, 4.69) is 4.74 Å². The largest absolute Gasteiger partial charge is 0.387 e. The van der Waals surface area contributed by atoms with Gasteiger partial charge in [0.15, 0.2) is 12.1 Å². The van der Waals surface area contributed by atoms with Crippen LogP contribution in [0.3, 0.4) is 0 Å². The van der Waals surface area contributed by atoms with Crippen LogP contribution in [0.2, 0.25) is 0 Å². The van der Waals surface area contributed by atoms with Crippen LogP contribution in [0.5, 0.6) is 0 Å². The standard InChI is InChI=1S/C7H12O6/c1-2(8)6-4(10)3(9)5(11)7(12)13-6/h3-7,9-12H,1H3/t3-,4-,5+,6+,7+/m0/s1. The Balaban J connectivity index is 2.76. The topological polar surface area (TPSA) is 107 Å². The van der Waals surface area contributed by atoms with Crippen molar-refractivity contribution in [3.63, 3.8) is 0 Å². The van der Waals surface area contributed by atoms with Gasteiger partial charge in [-0.05, 0) is 6.92 Å². The molecule has 6 heteroatoms. The molecule has 1 rings (SSSR count). The Morgan fingerprint density at radius 2 is 1.62 bits per heavy atom. The average molecular weight is 192 g/mol. The zero-order valence-corrected chi connectivity index (χ0v) is 6.99. The fraction of sp³-hybridized carbons (Fsp3) is 0.857. The molecular formula is C7H12O6. The zero-order valence-electron chi connectivity index (χ0n) is 6.99. The van der Waals surface area contributed by atoms with Gasteiger partial charge in [-0.2, -0.15) is 0 Å². The first-order valence-electron chi connectivity index (χ1n) is 3.83. The summed E-state index contributed by atoms with van der Waals surface area (Å²) in [4.78, 5) is 10.8. The molecule has 0 aliphatic carbocycles. The second kappa shape index (κ2) is 3.69. The van der Waals surface area contributed by atoms with Gasteiger partial charge in [0.2, 0.25) is 0 Å². The molecule has 5 atom stereocenters. The summed E-state index contributed by atoms with van der Waals surface area (Å²) >= 11 is 0. The summed E-state index contributed by atoms with van der Waals surface area (Å²) in [5.74, 6) is -0.516. The van der Waals surface area contributed by atoms with Crippen molar-refractivity contribution in [1.82, 2.24) is 0 Å². The Labute approximate surface area is 74.4 Å². The van der Waals surface area contributed by atoms with E-state index >= 15 is 0 Å². The molecule has 1 aliphatic heterocycles. The van der Waals surface area contributed by atoms with Gasteiger partial charge in [0.1, 0.15) is 24.4 Å². The quantitative estimate of drug-likeness (QED) is 0.362. The van der Waals surface area contributed by atoms with Crippen molar-refractivity contribution in [3.05, 3.63) is 0 Å². The molecule has 0 amide bonds. The number of hydrogen-bond donors (Lipinski definition) is 4. The van der Waals surface area contributed by atoms with Crippen LogP contribution in [0.25, 0.3) is 0 Å². The number of aliphatic hydroxyl groups excluding tert-OH is 4. The number of rotatable bonds is 1. The fourth-order valence-electron chi connectivity index (χ4n) is 1.20. The molecule has 0 aromatic heterocycles. The third-order valence-electron chi connectivity index (χ3n) is 1.99. The number of Topliss-reactive ketones (excluding diaryl/α,β-unsaturated/α-hetero) is 1. The molecule has 0 radical (unpaired) electrons. The predicted molar refractivity (Wildman–Crippen MR) is 39.6 cm³/mol. The minimum absolute atomic E-state index is 0.516. The summed E-state index contributed by atoms with van der Waals surface area (Å²) in [7, 11) is 0. The maximum Gasteiger partial charge on any atom is 0.184 e. The summed E-state index contributed by atoms with van der Waals surface area (Å²) in [6, 6.07) is 0. The maximum absolute atomic E-state index is 10.8. The molecule has 76 valence electrons. The van der Waals surface area contributed by atoms with Crippen LogP contribution >= 0.6 is 0 Å². The second-order valence-electron chi connectivity index (χ2n) is 3.03. The average Bonchev–Trinajstić information content (AvgIpc) is 2.07. The van der Waals surface area contributed by atoms with E-state index in [0.29, 0.717) is 0 Å². The van der Waals surface area contributed by atoms with Crippen molar-refractivity contribution >= 4 is 5.78 Å². The number of aliphatic hydroxyl groups is 4. The van der Waals surface area contributed by atoms with Gasteiger partial charge in [0.25, 0.3) is 0 Å². The monoisotopic (exact) mass is 192 g/mol. The third-order valence-corrected chi connectivity index (χ3v) is 1.99. The first-order valence-corrected chi connectivity index (χ1v) is 3.83. The Morgan fingerprint density at radius 1 is 1.08 bits per heavy atom. The van der Waals surface area contributed by atoms with Crippen LogP contribution in [0.1, 0.15) is 6.92 Å². The third kappa shape index (κ3) is 1.87. The SMILES string of the molecule is CC(=O)[C@H]1O[C@@H](O)[C@H](O)[C@@H](O)[C@@H]1O. The number of carbonyl (C=O) groups excluding carboxylic acids is 1. The zero-order chi connectivity index (χ0) is 10.2. The highest BCUT2D eigenvalue weighted by molar-refractivity contribution is 5.81. The Hall–Kier alpha value is -0.530. The molecule has 4 N–H and O–H groups in total. The van der Waals surface area contributed by atoms with Gasteiger partial charge < -0.3 is 25.2 Å². The summed E-state index contributed by atoms with van der Waals surface area (Å²) in [6.45, 7) is 1.16. The normalized spacial score (nSPS) is 46.1. The van der Waals surface area contributed by atoms with Gasteiger partial charge in [0, 0.05) is 0 Å².